The van der Waals surface area contributed by atoms with E-state index in [1.54, 1.807) is 6.92 Å². The van der Waals surface area contributed by atoms with Crippen LogP contribution < -0.4 is 16.0 Å². The van der Waals surface area contributed by atoms with Gasteiger partial charge in [0.1, 0.15) is 5.92 Å². The van der Waals surface area contributed by atoms with Gasteiger partial charge in [0.2, 0.25) is 5.91 Å². The molecule has 0 spiro atoms. The van der Waals surface area contributed by atoms with Gasteiger partial charge in [-0.25, -0.2) is 0 Å². The van der Waals surface area contributed by atoms with Crippen LogP contribution in [0.3, 0.4) is 0 Å². The molecule has 1 heterocycles. The fourth-order valence-electron chi connectivity index (χ4n) is 2.04. The molecule has 2 unspecified atom stereocenters. The molecule has 1 fully saturated rings. The first kappa shape index (κ1) is 14.3. The Morgan fingerprint density at radius 1 is 1.50 bits per heavy atom. The van der Waals surface area contributed by atoms with E-state index in [2.05, 4.69) is 16.0 Å². The van der Waals surface area contributed by atoms with Crippen LogP contribution in [0.4, 0.5) is 5.69 Å². The summed E-state index contributed by atoms with van der Waals surface area (Å²) in [5.74, 6) is -1.61. The number of nitrogens with one attached hydrogen (secondary N) is 3. The first-order chi connectivity index (χ1) is 9.60. The van der Waals surface area contributed by atoms with Gasteiger partial charge in [-0.1, -0.05) is 12.1 Å². The summed E-state index contributed by atoms with van der Waals surface area (Å²) < 4.78 is 4.86. The van der Waals surface area contributed by atoms with Crippen molar-refractivity contribution in [1.29, 1.82) is 0 Å². The van der Waals surface area contributed by atoms with Crippen molar-refractivity contribution in [1.82, 2.24) is 10.6 Å². The molecule has 1 aliphatic heterocycles. The number of anilines is 1. The fraction of sp³-hybridized carbons (Fsp3) is 0.429. The van der Waals surface area contributed by atoms with Gasteiger partial charge >= 0.3 is 5.97 Å². The Hall–Kier alpha value is -2.08. The monoisotopic (exact) mass is 277 g/mol. The molecule has 1 saturated heterocycles. The van der Waals surface area contributed by atoms with Crippen molar-refractivity contribution in [2.24, 2.45) is 5.92 Å². The van der Waals surface area contributed by atoms with Gasteiger partial charge in [0.05, 0.1) is 6.61 Å². The van der Waals surface area contributed by atoms with Crippen LogP contribution in [0.25, 0.3) is 0 Å². The molecule has 0 aliphatic carbocycles. The number of carbonyl (C=O) groups is 2. The number of carbonyl (C=O) groups excluding carboxylic acids is 2. The van der Waals surface area contributed by atoms with Crippen LogP contribution in [0.15, 0.2) is 24.3 Å². The molecule has 2 atom stereocenters. The van der Waals surface area contributed by atoms with E-state index >= 15 is 0 Å². The standard InChI is InChI=1S/C14H19N3O3/c1-3-20-13(19)11-8-15-14(17-12(11)18)16-10-6-4-5-9(2)7-10/h4-7,11,14-16H,3,8H2,1-2H3,(H,17,18). The van der Waals surface area contributed by atoms with Gasteiger partial charge in [0.15, 0.2) is 6.29 Å². The number of esters is 1. The minimum atomic E-state index is -0.787. The van der Waals surface area contributed by atoms with Crippen molar-refractivity contribution < 1.29 is 14.3 Å². The lowest BCUT2D eigenvalue weighted by Gasteiger charge is -2.30. The average Bonchev–Trinajstić information content (AvgIpc) is 2.39. The maximum atomic E-state index is 11.9. The van der Waals surface area contributed by atoms with Crippen LogP contribution in [0.1, 0.15) is 12.5 Å². The quantitative estimate of drug-likeness (QED) is 0.554. The second kappa shape index (κ2) is 6.38. The Kier molecular flexibility index (Phi) is 4.57. The molecule has 1 amide bonds. The van der Waals surface area contributed by atoms with Crippen LogP contribution >= 0.6 is 0 Å². The van der Waals surface area contributed by atoms with Gasteiger partial charge in [-0.2, -0.15) is 0 Å². The minimum absolute atomic E-state index is 0.258. The topological polar surface area (TPSA) is 79.5 Å². The summed E-state index contributed by atoms with van der Waals surface area (Å²) in [5.41, 5.74) is 2.03. The molecule has 20 heavy (non-hydrogen) atoms. The molecule has 6 nitrogen and oxygen atoms in total. The van der Waals surface area contributed by atoms with E-state index in [4.69, 9.17) is 4.74 Å². The number of aryl methyl sites for hydroxylation is 1. The molecule has 1 aromatic rings. The smallest absolute Gasteiger partial charge is 0.319 e. The largest absolute Gasteiger partial charge is 0.465 e. The Morgan fingerprint density at radius 3 is 2.95 bits per heavy atom. The SMILES string of the molecule is CCOC(=O)C1CNC(Nc2cccc(C)c2)NC1=O. The Balaban J connectivity index is 1.92. The fourth-order valence-corrected chi connectivity index (χ4v) is 2.04. The van der Waals surface area contributed by atoms with Crippen molar-refractivity contribution in [3.8, 4) is 0 Å². The number of amides is 1. The highest BCUT2D eigenvalue weighted by molar-refractivity contribution is 5.98. The summed E-state index contributed by atoms with van der Waals surface area (Å²) in [5, 5.41) is 8.92. The van der Waals surface area contributed by atoms with E-state index in [1.165, 1.54) is 0 Å². The zero-order valence-corrected chi connectivity index (χ0v) is 11.6. The van der Waals surface area contributed by atoms with E-state index in [-0.39, 0.29) is 19.1 Å². The van der Waals surface area contributed by atoms with Gasteiger partial charge < -0.3 is 15.4 Å². The lowest BCUT2D eigenvalue weighted by molar-refractivity contribution is -0.153. The molecule has 2 rings (SSSR count). The van der Waals surface area contributed by atoms with Gasteiger partial charge in [-0.15, -0.1) is 0 Å². The van der Waals surface area contributed by atoms with Gasteiger partial charge in [0, 0.05) is 12.2 Å². The van der Waals surface area contributed by atoms with Crippen molar-refractivity contribution in [3.05, 3.63) is 29.8 Å². The highest BCUT2D eigenvalue weighted by Crippen LogP contribution is 2.12. The second-order valence-electron chi connectivity index (χ2n) is 4.67. The van der Waals surface area contributed by atoms with Crippen LogP contribution in [0.2, 0.25) is 0 Å². The van der Waals surface area contributed by atoms with E-state index in [1.807, 2.05) is 31.2 Å². The third kappa shape index (κ3) is 3.48. The first-order valence-corrected chi connectivity index (χ1v) is 6.63. The lowest BCUT2D eigenvalue weighted by Crippen LogP contribution is -2.61. The van der Waals surface area contributed by atoms with Gasteiger partial charge in [-0.05, 0) is 31.5 Å². The van der Waals surface area contributed by atoms with E-state index < -0.39 is 18.2 Å². The third-order valence-electron chi connectivity index (χ3n) is 3.03. The van der Waals surface area contributed by atoms with Crippen molar-refractivity contribution >= 4 is 17.6 Å². The number of ether oxygens (including phenoxy) is 1. The Labute approximate surface area is 117 Å². The first-order valence-electron chi connectivity index (χ1n) is 6.63. The molecule has 108 valence electrons. The molecule has 0 aromatic heterocycles. The van der Waals surface area contributed by atoms with Gasteiger partial charge in [0.25, 0.3) is 0 Å². The van der Waals surface area contributed by atoms with Crippen molar-refractivity contribution in [2.75, 3.05) is 18.5 Å². The molecular formula is C14H19N3O3. The van der Waals surface area contributed by atoms with Crippen LogP contribution in [-0.2, 0) is 14.3 Å². The minimum Gasteiger partial charge on any atom is -0.465 e. The van der Waals surface area contributed by atoms with E-state index in [0.29, 0.717) is 0 Å². The molecular weight excluding hydrogens is 258 g/mol. The van der Waals surface area contributed by atoms with Crippen LogP contribution in [0.5, 0.6) is 0 Å². The second-order valence-corrected chi connectivity index (χ2v) is 4.67. The van der Waals surface area contributed by atoms with E-state index in [0.717, 1.165) is 11.3 Å². The van der Waals surface area contributed by atoms with E-state index in [9.17, 15) is 9.59 Å². The summed E-state index contributed by atoms with van der Waals surface area (Å²) in [4.78, 5) is 23.5. The molecule has 0 bridgehead atoms. The molecule has 1 aliphatic rings. The maximum absolute atomic E-state index is 11.9. The Bertz CT molecular complexity index is 504. The summed E-state index contributed by atoms with van der Waals surface area (Å²) >= 11 is 0. The number of hydrogen-bond donors (Lipinski definition) is 3. The molecule has 0 radical (unpaired) electrons. The number of rotatable bonds is 4. The predicted molar refractivity (Wildman–Crippen MR) is 74.9 cm³/mol. The molecule has 6 heteroatoms. The zero-order valence-electron chi connectivity index (χ0n) is 11.6. The average molecular weight is 277 g/mol. The number of hydrogen-bond acceptors (Lipinski definition) is 5. The zero-order chi connectivity index (χ0) is 14.5. The summed E-state index contributed by atoms with van der Waals surface area (Å²) in [6.07, 6.45) is -0.394. The highest BCUT2D eigenvalue weighted by Gasteiger charge is 2.33. The van der Waals surface area contributed by atoms with Crippen LogP contribution in [-0.4, -0.2) is 31.3 Å². The maximum Gasteiger partial charge on any atom is 0.319 e. The molecule has 0 saturated carbocycles. The lowest BCUT2D eigenvalue weighted by atomic mass is 10.1. The Morgan fingerprint density at radius 2 is 2.30 bits per heavy atom. The predicted octanol–water partition coefficient (Wildman–Crippen LogP) is 0.589. The summed E-state index contributed by atoms with van der Waals surface area (Å²) in [7, 11) is 0. The van der Waals surface area contributed by atoms with Crippen molar-refractivity contribution in [3.63, 3.8) is 0 Å². The summed E-state index contributed by atoms with van der Waals surface area (Å²) in [6.45, 7) is 4.24. The highest BCUT2D eigenvalue weighted by atomic mass is 16.5. The third-order valence-corrected chi connectivity index (χ3v) is 3.03. The molecule has 3 N–H and O–H groups in total. The summed E-state index contributed by atoms with van der Waals surface area (Å²) in [6, 6.07) is 7.82. The molecule has 1 aromatic carbocycles. The normalized spacial score (nSPS) is 22.0. The van der Waals surface area contributed by atoms with Crippen molar-refractivity contribution in [2.45, 2.75) is 20.1 Å². The van der Waals surface area contributed by atoms with Crippen LogP contribution in [0, 0.1) is 12.8 Å². The number of benzene rings is 1. The van der Waals surface area contributed by atoms with Gasteiger partial charge in [-0.3, -0.25) is 14.9 Å².